The van der Waals surface area contributed by atoms with Crippen LogP contribution in [0, 0.1) is 5.82 Å². The molecule has 0 saturated carbocycles. The summed E-state index contributed by atoms with van der Waals surface area (Å²) in [5, 5.41) is 6.96. The van der Waals surface area contributed by atoms with Crippen molar-refractivity contribution < 1.29 is 9.18 Å². The van der Waals surface area contributed by atoms with Gasteiger partial charge in [0.05, 0.1) is 23.1 Å². The van der Waals surface area contributed by atoms with Gasteiger partial charge in [-0.05, 0) is 42.5 Å². The first kappa shape index (κ1) is 16.7. The minimum absolute atomic E-state index is 0.249. The van der Waals surface area contributed by atoms with E-state index in [0.29, 0.717) is 11.5 Å². The summed E-state index contributed by atoms with van der Waals surface area (Å²) >= 11 is 0. The summed E-state index contributed by atoms with van der Waals surface area (Å²) in [5.74, 6) is -0.226. The number of para-hydroxylation sites is 1. The Morgan fingerprint density at radius 3 is 2.59 bits per heavy atom. The molecule has 0 fully saturated rings. The van der Waals surface area contributed by atoms with Gasteiger partial charge in [0.15, 0.2) is 0 Å². The van der Waals surface area contributed by atoms with Crippen LogP contribution in [-0.2, 0) is 0 Å². The van der Waals surface area contributed by atoms with E-state index in [9.17, 15) is 9.18 Å². The summed E-state index contributed by atoms with van der Waals surface area (Å²) < 4.78 is 13.2. The summed E-state index contributed by atoms with van der Waals surface area (Å²) in [6.07, 6.45) is 3.28. The summed E-state index contributed by atoms with van der Waals surface area (Å²) in [7, 11) is 0. The van der Waals surface area contributed by atoms with Crippen LogP contribution < -0.4 is 10.6 Å². The highest BCUT2D eigenvalue weighted by Gasteiger charge is 2.08. The van der Waals surface area contributed by atoms with E-state index in [1.807, 2.05) is 30.3 Å². The fraction of sp³-hybridized carbons (Fsp3) is 0. The summed E-state index contributed by atoms with van der Waals surface area (Å²) in [5.41, 5.74) is 2.47. The van der Waals surface area contributed by atoms with E-state index in [1.165, 1.54) is 24.4 Å². The van der Waals surface area contributed by atoms with E-state index in [1.54, 1.807) is 24.4 Å². The van der Waals surface area contributed by atoms with Crippen molar-refractivity contribution in [3.63, 3.8) is 0 Å². The minimum Gasteiger partial charge on any atom is -0.338 e. The largest absolute Gasteiger partial charge is 0.338 e. The molecule has 0 unspecified atom stereocenters. The number of anilines is 3. The van der Waals surface area contributed by atoms with Crippen molar-refractivity contribution in [1.29, 1.82) is 0 Å². The van der Waals surface area contributed by atoms with Crippen molar-refractivity contribution in [3.8, 4) is 0 Å². The normalized spacial score (nSPS) is 10.6. The Balaban J connectivity index is 1.50. The van der Waals surface area contributed by atoms with Gasteiger partial charge in [-0.15, -0.1) is 0 Å². The van der Waals surface area contributed by atoms with E-state index in [4.69, 9.17) is 0 Å². The molecule has 0 atom stereocenters. The van der Waals surface area contributed by atoms with E-state index < -0.39 is 11.7 Å². The Bertz CT molecular complexity index is 1110. The van der Waals surface area contributed by atoms with E-state index in [-0.39, 0.29) is 5.56 Å². The number of carbonyl (C=O) groups excluding carboxylic acids is 1. The standard InChI is InChI=1S/C21H15FN4O/c22-16-7-1-5-15(12-16)21(27)25-17-9-10-19(24-13-17)26-18-8-2-4-14-6-3-11-23-20(14)18/h1-13H,(H,24,26)(H,25,27). The van der Waals surface area contributed by atoms with Gasteiger partial charge in [-0.2, -0.15) is 0 Å². The third-order valence-electron chi connectivity index (χ3n) is 4.00. The zero-order valence-electron chi connectivity index (χ0n) is 14.2. The lowest BCUT2D eigenvalue weighted by molar-refractivity contribution is 0.102. The second-order valence-corrected chi connectivity index (χ2v) is 5.90. The highest BCUT2D eigenvalue weighted by atomic mass is 19.1. The summed E-state index contributed by atoms with van der Waals surface area (Å²) in [6.45, 7) is 0. The van der Waals surface area contributed by atoms with Crippen LogP contribution in [0.4, 0.5) is 21.6 Å². The number of aromatic nitrogens is 2. The van der Waals surface area contributed by atoms with Crippen molar-refractivity contribution in [3.05, 3.63) is 90.5 Å². The Labute approximate surface area is 154 Å². The number of carbonyl (C=O) groups is 1. The molecule has 2 N–H and O–H groups in total. The van der Waals surface area contributed by atoms with Gasteiger partial charge in [0.2, 0.25) is 0 Å². The third-order valence-corrected chi connectivity index (χ3v) is 4.00. The van der Waals surface area contributed by atoms with Crippen molar-refractivity contribution in [1.82, 2.24) is 9.97 Å². The van der Waals surface area contributed by atoms with Crippen LogP contribution in [0.3, 0.4) is 0 Å². The van der Waals surface area contributed by atoms with Crippen molar-refractivity contribution in [2.45, 2.75) is 0 Å². The van der Waals surface area contributed by atoms with Gasteiger partial charge in [0.1, 0.15) is 11.6 Å². The van der Waals surface area contributed by atoms with Crippen molar-refractivity contribution in [2.24, 2.45) is 0 Å². The minimum atomic E-state index is -0.455. The number of hydrogen-bond donors (Lipinski definition) is 2. The lowest BCUT2D eigenvalue weighted by Crippen LogP contribution is -2.12. The molecular formula is C21H15FN4O. The van der Waals surface area contributed by atoms with E-state index in [0.717, 1.165) is 16.6 Å². The Kier molecular flexibility index (Phi) is 4.45. The zero-order chi connectivity index (χ0) is 18.6. The zero-order valence-corrected chi connectivity index (χ0v) is 14.2. The number of benzene rings is 2. The molecule has 4 rings (SSSR count). The van der Waals surface area contributed by atoms with Crippen molar-refractivity contribution >= 4 is 34.0 Å². The second kappa shape index (κ2) is 7.21. The van der Waals surface area contributed by atoms with Gasteiger partial charge in [-0.25, -0.2) is 9.37 Å². The van der Waals surface area contributed by atoms with Gasteiger partial charge in [-0.1, -0.05) is 24.3 Å². The molecule has 0 aliphatic carbocycles. The number of nitrogens with one attached hydrogen (secondary N) is 2. The van der Waals surface area contributed by atoms with Gasteiger partial charge >= 0.3 is 0 Å². The quantitative estimate of drug-likeness (QED) is 0.552. The Morgan fingerprint density at radius 1 is 0.926 bits per heavy atom. The molecule has 0 saturated heterocycles. The molecule has 5 nitrogen and oxygen atoms in total. The average molecular weight is 358 g/mol. The molecule has 0 radical (unpaired) electrons. The maximum atomic E-state index is 13.2. The van der Waals surface area contributed by atoms with Gasteiger partial charge in [0.25, 0.3) is 5.91 Å². The van der Waals surface area contributed by atoms with Gasteiger partial charge < -0.3 is 10.6 Å². The molecular weight excluding hydrogens is 343 g/mol. The molecule has 0 aliphatic heterocycles. The second-order valence-electron chi connectivity index (χ2n) is 5.90. The molecule has 1 amide bonds. The average Bonchev–Trinajstić information content (AvgIpc) is 2.70. The number of nitrogens with zero attached hydrogens (tertiary/aromatic N) is 2. The van der Waals surface area contributed by atoms with Crippen LogP contribution in [0.15, 0.2) is 79.1 Å². The number of halogens is 1. The third kappa shape index (κ3) is 3.74. The summed E-state index contributed by atoms with van der Waals surface area (Å²) in [6, 6.07) is 18.7. The first-order chi connectivity index (χ1) is 13.2. The maximum absolute atomic E-state index is 13.2. The highest BCUT2D eigenvalue weighted by molar-refractivity contribution is 6.04. The number of rotatable bonds is 4. The van der Waals surface area contributed by atoms with Crippen LogP contribution in [-0.4, -0.2) is 15.9 Å². The van der Waals surface area contributed by atoms with Gasteiger partial charge in [0, 0.05) is 17.1 Å². The van der Waals surface area contributed by atoms with Crippen LogP contribution in [0.25, 0.3) is 10.9 Å². The molecule has 0 spiro atoms. The fourth-order valence-corrected chi connectivity index (χ4v) is 2.72. The highest BCUT2D eigenvalue weighted by Crippen LogP contribution is 2.24. The molecule has 132 valence electrons. The number of hydrogen-bond acceptors (Lipinski definition) is 4. The smallest absolute Gasteiger partial charge is 0.255 e. The number of pyridine rings is 2. The first-order valence-electron chi connectivity index (χ1n) is 8.33. The van der Waals surface area contributed by atoms with Crippen LogP contribution >= 0.6 is 0 Å². The predicted octanol–water partition coefficient (Wildman–Crippen LogP) is 4.76. The van der Waals surface area contributed by atoms with Crippen molar-refractivity contribution in [2.75, 3.05) is 10.6 Å². The topological polar surface area (TPSA) is 66.9 Å². The van der Waals surface area contributed by atoms with Crippen LogP contribution in [0.2, 0.25) is 0 Å². The molecule has 2 aromatic heterocycles. The SMILES string of the molecule is O=C(Nc1ccc(Nc2cccc3cccnc23)nc1)c1cccc(F)c1. The Morgan fingerprint density at radius 2 is 1.78 bits per heavy atom. The molecule has 27 heavy (non-hydrogen) atoms. The molecule has 4 aromatic rings. The Hall–Kier alpha value is -3.80. The maximum Gasteiger partial charge on any atom is 0.255 e. The lowest BCUT2D eigenvalue weighted by atomic mass is 10.2. The lowest BCUT2D eigenvalue weighted by Gasteiger charge is -2.09. The first-order valence-corrected chi connectivity index (χ1v) is 8.33. The predicted molar refractivity (Wildman–Crippen MR) is 104 cm³/mol. The molecule has 2 aromatic carbocycles. The fourth-order valence-electron chi connectivity index (χ4n) is 2.72. The summed E-state index contributed by atoms with van der Waals surface area (Å²) in [4.78, 5) is 20.9. The van der Waals surface area contributed by atoms with E-state index in [2.05, 4.69) is 20.6 Å². The number of amides is 1. The molecule has 6 heteroatoms. The molecule has 0 aliphatic rings. The van der Waals surface area contributed by atoms with Crippen LogP contribution in [0.5, 0.6) is 0 Å². The van der Waals surface area contributed by atoms with Gasteiger partial charge in [-0.3, -0.25) is 9.78 Å². The monoisotopic (exact) mass is 358 g/mol. The van der Waals surface area contributed by atoms with Crippen LogP contribution in [0.1, 0.15) is 10.4 Å². The van der Waals surface area contributed by atoms with E-state index >= 15 is 0 Å². The molecule has 0 bridgehead atoms. The molecule has 2 heterocycles. The number of fused-ring (bicyclic) bond motifs is 1.